The van der Waals surface area contributed by atoms with Crippen molar-refractivity contribution >= 4 is 41.9 Å². The predicted molar refractivity (Wildman–Crippen MR) is 191 cm³/mol. The van der Waals surface area contributed by atoms with Gasteiger partial charge in [-0.2, -0.15) is 0 Å². The molecule has 2 amide bonds. The molecule has 2 aromatic carbocycles. The second-order valence-electron chi connectivity index (χ2n) is 12.0. The molecule has 1 aliphatic heterocycles. The van der Waals surface area contributed by atoms with Crippen LogP contribution in [0.1, 0.15) is 91.8 Å². The lowest BCUT2D eigenvalue weighted by Crippen LogP contribution is -2.47. The third kappa shape index (κ3) is 11.0. The highest BCUT2D eigenvalue weighted by molar-refractivity contribution is 7.80. The van der Waals surface area contributed by atoms with Crippen LogP contribution in [0, 0.1) is 5.92 Å². The minimum Gasteiger partial charge on any atom is -0.388 e. The number of rotatable bonds is 12. The Balaban J connectivity index is 0.00000130. The van der Waals surface area contributed by atoms with Gasteiger partial charge in [-0.15, -0.1) is 12.6 Å². The lowest BCUT2D eigenvalue weighted by molar-refractivity contribution is 0.0540. The van der Waals surface area contributed by atoms with E-state index in [0.29, 0.717) is 29.4 Å². The van der Waals surface area contributed by atoms with Gasteiger partial charge in [0.15, 0.2) is 0 Å². The van der Waals surface area contributed by atoms with E-state index in [2.05, 4.69) is 67.4 Å². The largest absolute Gasteiger partial charge is 0.388 e. The van der Waals surface area contributed by atoms with Crippen LogP contribution in [0.4, 0.5) is 11.4 Å². The van der Waals surface area contributed by atoms with Gasteiger partial charge in [-0.3, -0.25) is 9.59 Å². The summed E-state index contributed by atoms with van der Waals surface area (Å²) in [6, 6.07) is 16.8. The van der Waals surface area contributed by atoms with Gasteiger partial charge in [-0.05, 0) is 85.3 Å². The molecule has 2 heterocycles. The molecule has 7 nitrogen and oxygen atoms in total. The maximum Gasteiger partial charge on any atom is 0.272 e. The number of nitrogens with zero attached hydrogens (tertiary/aromatic N) is 3. The summed E-state index contributed by atoms with van der Waals surface area (Å²) in [5, 5.41) is 6.08. The molecule has 0 radical (unpaired) electrons. The SMILES string of the molecule is C=Cc1cc(NC(=O)c2ccc(CN(C(=O)c3ccc(S)cn3)C3CCN(CCC(C)C)CC3)cc2)ccc1NC.CCCC. The van der Waals surface area contributed by atoms with Crippen LogP contribution in [0.15, 0.2) is 72.3 Å². The molecule has 1 aliphatic rings. The van der Waals surface area contributed by atoms with Crippen LogP contribution in [0.25, 0.3) is 6.08 Å². The molecular formula is C37H51N5O2S. The van der Waals surface area contributed by atoms with Crippen LogP contribution >= 0.6 is 12.6 Å². The Morgan fingerprint density at radius 2 is 1.76 bits per heavy atom. The van der Waals surface area contributed by atoms with Crippen LogP contribution < -0.4 is 10.6 Å². The van der Waals surface area contributed by atoms with Gasteiger partial charge in [0.05, 0.1) is 0 Å². The van der Waals surface area contributed by atoms with Gasteiger partial charge in [0.25, 0.3) is 11.8 Å². The summed E-state index contributed by atoms with van der Waals surface area (Å²) in [6.07, 6.45) is 9.04. The Morgan fingerprint density at radius 1 is 1.07 bits per heavy atom. The van der Waals surface area contributed by atoms with E-state index in [0.717, 1.165) is 54.2 Å². The highest BCUT2D eigenvalue weighted by Gasteiger charge is 2.29. The molecule has 1 aromatic heterocycles. The van der Waals surface area contributed by atoms with Crippen molar-refractivity contribution in [3.05, 3.63) is 89.8 Å². The van der Waals surface area contributed by atoms with E-state index >= 15 is 0 Å². The van der Waals surface area contributed by atoms with Crippen LogP contribution in [-0.4, -0.2) is 59.3 Å². The van der Waals surface area contributed by atoms with Crippen molar-refractivity contribution < 1.29 is 9.59 Å². The molecule has 0 spiro atoms. The predicted octanol–water partition coefficient (Wildman–Crippen LogP) is 8.27. The normalized spacial score (nSPS) is 13.5. The number of thiol groups is 1. The van der Waals surface area contributed by atoms with Crippen molar-refractivity contribution in [3.63, 3.8) is 0 Å². The van der Waals surface area contributed by atoms with Crippen molar-refractivity contribution in [3.8, 4) is 0 Å². The van der Waals surface area contributed by atoms with Gasteiger partial charge < -0.3 is 20.4 Å². The zero-order valence-corrected chi connectivity index (χ0v) is 28.6. The fraction of sp³-hybridized carbons (Fsp3) is 0.432. The molecule has 1 saturated heterocycles. The number of anilines is 2. The van der Waals surface area contributed by atoms with Gasteiger partial charge >= 0.3 is 0 Å². The number of piperidine rings is 1. The fourth-order valence-corrected chi connectivity index (χ4v) is 5.25. The van der Waals surface area contributed by atoms with E-state index in [4.69, 9.17) is 0 Å². The van der Waals surface area contributed by atoms with Crippen LogP contribution in [0.5, 0.6) is 0 Å². The van der Waals surface area contributed by atoms with Crippen molar-refractivity contribution in [2.45, 2.75) is 77.3 Å². The number of nitrogens with one attached hydrogen (secondary N) is 2. The summed E-state index contributed by atoms with van der Waals surface area (Å²) in [5.74, 6) is 0.408. The molecule has 0 unspecified atom stereocenters. The Morgan fingerprint density at radius 3 is 2.31 bits per heavy atom. The summed E-state index contributed by atoms with van der Waals surface area (Å²) >= 11 is 4.32. The fourth-order valence-electron chi connectivity index (χ4n) is 5.12. The lowest BCUT2D eigenvalue weighted by atomic mass is 10.00. The van der Waals surface area contributed by atoms with Crippen LogP contribution in [-0.2, 0) is 6.54 Å². The maximum absolute atomic E-state index is 13.7. The number of pyridine rings is 1. The molecule has 0 bridgehead atoms. The first-order chi connectivity index (χ1) is 21.7. The molecule has 0 saturated carbocycles. The van der Waals surface area contributed by atoms with Crippen molar-refractivity contribution in [1.29, 1.82) is 0 Å². The number of unbranched alkanes of at least 4 members (excludes halogenated alkanes) is 1. The second kappa shape index (κ2) is 18.4. The van der Waals surface area contributed by atoms with E-state index in [1.807, 2.05) is 54.4 Å². The molecule has 0 atom stereocenters. The third-order valence-electron chi connectivity index (χ3n) is 8.12. The molecule has 4 rings (SSSR count). The summed E-state index contributed by atoms with van der Waals surface area (Å²) < 4.78 is 0. The van der Waals surface area contributed by atoms with Crippen LogP contribution in [0.2, 0.25) is 0 Å². The quantitative estimate of drug-likeness (QED) is 0.176. The number of aromatic nitrogens is 1. The average molecular weight is 630 g/mol. The van der Waals surface area contributed by atoms with Gasteiger partial charge in [-0.1, -0.05) is 65.3 Å². The van der Waals surface area contributed by atoms with Gasteiger partial charge in [-0.25, -0.2) is 4.98 Å². The Labute approximate surface area is 275 Å². The summed E-state index contributed by atoms with van der Waals surface area (Å²) in [4.78, 5) is 36.2. The Kier molecular flexibility index (Phi) is 14.6. The number of amides is 2. The van der Waals surface area contributed by atoms with E-state index in [9.17, 15) is 9.59 Å². The number of carbonyl (C=O) groups is 2. The molecule has 2 N–H and O–H groups in total. The smallest absolute Gasteiger partial charge is 0.272 e. The van der Waals surface area contributed by atoms with E-state index in [1.165, 1.54) is 19.3 Å². The number of carbonyl (C=O) groups excluding carboxylic acids is 2. The first kappa shape index (κ1) is 35.9. The minimum absolute atomic E-state index is 0.0798. The molecule has 0 aliphatic carbocycles. The second-order valence-corrected chi connectivity index (χ2v) is 12.5. The zero-order valence-electron chi connectivity index (χ0n) is 27.7. The zero-order chi connectivity index (χ0) is 32.8. The monoisotopic (exact) mass is 629 g/mol. The van der Waals surface area contributed by atoms with Gasteiger partial charge in [0, 0.05) is 60.8 Å². The Bertz CT molecular complexity index is 1360. The summed E-state index contributed by atoms with van der Waals surface area (Å²) in [7, 11) is 1.85. The molecule has 3 aromatic rings. The summed E-state index contributed by atoms with van der Waals surface area (Å²) in [6.45, 7) is 16.2. The molecular weight excluding hydrogens is 579 g/mol. The van der Waals surface area contributed by atoms with Gasteiger partial charge in [0.2, 0.25) is 0 Å². The maximum atomic E-state index is 13.7. The molecule has 242 valence electrons. The standard InChI is InChI=1S/C33H41N5O2S.C4H10/c1-5-25-20-27(10-12-30(25)34-4)36-32(39)26-8-6-24(7-9-26)22-38(33(40)31-13-11-29(41)21-35-31)28-15-18-37(19-16-28)17-14-23(2)3;1-3-4-2/h5-13,20-21,23,28,34,41H,1,14-19,22H2,2-4H3,(H,36,39);3-4H2,1-2H3. The molecule has 8 heteroatoms. The van der Waals surface area contributed by atoms with Crippen molar-refractivity contribution in [2.24, 2.45) is 5.92 Å². The first-order valence-electron chi connectivity index (χ1n) is 16.2. The topological polar surface area (TPSA) is 77.6 Å². The van der Waals surface area contributed by atoms with E-state index < -0.39 is 0 Å². The highest BCUT2D eigenvalue weighted by Crippen LogP contribution is 2.24. The van der Waals surface area contributed by atoms with E-state index in [1.54, 1.807) is 24.4 Å². The van der Waals surface area contributed by atoms with E-state index in [-0.39, 0.29) is 17.9 Å². The molecule has 45 heavy (non-hydrogen) atoms. The Hall–Kier alpha value is -3.62. The average Bonchev–Trinajstić information content (AvgIpc) is 3.06. The van der Waals surface area contributed by atoms with Crippen LogP contribution in [0.3, 0.4) is 0 Å². The first-order valence-corrected chi connectivity index (χ1v) is 16.7. The van der Waals surface area contributed by atoms with Crippen molar-refractivity contribution in [1.82, 2.24) is 14.8 Å². The van der Waals surface area contributed by atoms with Crippen molar-refractivity contribution in [2.75, 3.05) is 37.3 Å². The summed E-state index contributed by atoms with van der Waals surface area (Å²) in [5.41, 5.74) is 4.49. The lowest BCUT2D eigenvalue weighted by Gasteiger charge is -2.38. The molecule has 1 fully saturated rings. The van der Waals surface area contributed by atoms with Gasteiger partial charge in [0.1, 0.15) is 5.69 Å². The number of hydrogen-bond donors (Lipinski definition) is 3. The highest BCUT2D eigenvalue weighted by atomic mass is 32.1. The number of likely N-dealkylation sites (tertiary alicyclic amines) is 1. The number of benzene rings is 2. The minimum atomic E-state index is -0.193. The number of hydrogen-bond acceptors (Lipinski definition) is 6. The third-order valence-corrected chi connectivity index (χ3v) is 8.38.